The monoisotopic (exact) mass is 373 g/mol. The number of H-pyrrole nitrogens is 1. The summed E-state index contributed by atoms with van der Waals surface area (Å²) in [5, 5.41) is 4.29. The van der Waals surface area contributed by atoms with Gasteiger partial charge in [0.25, 0.3) is 0 Å². The first-order chi connectivity index (χ1) is 12.5. The van der Waals surface area contributed by atoms with Crippen LogP contribution in [0.2, 0.25) is 0 Å². The number of pyridine rings is 1. The van der Waals surface area contributed by atoms with Crippen LogP contribution in [0.25, 0.3) is 11.0 Å². The van der Waals surface area contributed by atoms with Crippen LogP contribution >= 0.6 is 0 Å². The number of fused-ring (bicyclic) bond motifs is 1. The highest BCUT2D eigenvalue weighted by Gasteiger charge is 2.33. The third-order valence-electron chi connectivity index (χ3n) is 5.08. The minimum absolute atomic E-state index is 0.147. The fraction of sp³-hybridized carbons (Fsp3) is 0.444. The van der Waals surface area contributed by atoms with Gasteiger partial charge in [0.05, 0.1) is 16.7 Å². The summed E-state index contributed by atoms with van der Waals surface area (Å²) in [4.78, 5) is 8.08. The number of rotatable bonds is 4. The van der Waals surface area contributed by atoms with Crippen molar-refractivity contribution in [2.45, 2.75) is 44.0 Å². The van der Waals surface area contributed by atoms with Gasteiger partial charge in [-0.15, -0.1) is 0 Å². The van der Waals surface area contributed by atoms with E-state index in [1.54, 1.807) is 28.3 Å². The van der Waals surface area contributed by atoms with E-state index < -0.39 is 10.0 Å². The highest BCUT2D eigenvalue weighted by molar-refractivity contribution is 7.89. The number of nitrogens with one attached hydrogen (secondary N) is 1. The summed E-state index contributed by atoms with van der Waals surface area (Å²) in [7, 11) is -3.53. The van der Waals surface area contributed by atoms with E-state index in [9.17, 15) is 8.42 Å². The highest BCUT2D eigenvalue weighted by Crippen LogP contribution is 2.31. The quantitative estimate of drug-likeness (QED) is 0.762. The van der Waals surface area contributed by atoms with Crippen molar-refractivity contribution in [2.75, 3.05) is 13.1 Å². The van der Waals surface area contributed by atoms with Crippen LogP contribution in [0.15, 0.2) is 35.5 Å². The van der Waals surface area contributed by atoms with Crippen LogP contribution in [0.1, 0.15) is 37.1 Å². The minimum Gasteiger partial charge on any atom is -0.357 e. The molecule has 0 amide bonds. The standard InChI is InChI=1S/C18H23N5O2S/c1-3-22-12-18(13(2)21-22)26(24,25)23-9-5-6-14(11-23)16-10-17-15(20-16)7-4-8-19-17/h4,7-8,10,12,14,20H,3,5-6,9,11H2,1-2H3/t14-/m1/s1. The number of piperidine rings is 1. The van der Waals surface area contributed by atoms with E-state index in [-0.39, 0.29) is 5.92 Å². The van der Waals surface area contributed by atoms with Gasteiger partial charge in [0.1, 0.15) is 4.90 Å². The third kappa shape index (κ3) is 2.93. The van der Waals surface area contributed by atoms with E-state index in [2.05, 4.69) is 15.1 Å². The zero-order chi connectivity index (χ0) is 18.3. The van der Waals surface area contributed by atoms with Gasteiger partial charge in [0.2, 0.25) is 10.0 Å². The van der Waals surface area contributed by atoms with Crippen LogP contribution in [0, 0.1) is 6.92 Å². The number of aryl methyl sites for hydroxylation is 2. The smallest absolute Gasteiger partial charge is 0.246 e. The number of aromatic amines is 1. The first-order valence-electron chi connectivity index (χ1n) is 8.97. The lowest BCUT2D eigenvalue weighted by atomic mass is 9.96. The SMILES string of the molecule is CCn1cc(S(=O)(=O)N2CCC[C@@H](c3cc4ncccc4[nH]3)C2)c(C)n1. The molecule has 4 rings (SSSR count). The van der Waals surface area contributed by atoms with Gasteiger partial charge in [-0.1, -0.05) is 0 Å². The van der Waals surface area contributed by atoms with Crippen LogP contribution in [-0.2, 0) is 16.6 Å². The Balaban J connectivity index is 1.62. The maximum atomic E-state index is 13.1. The van der Waals surface area contributed by atoms with Gasteiger partial charge >= 0.3 is 0 Å². The van der Waals surface area contributed by atoms with Crippen molar-refractivity contribution >= 4 is 21.1 Å². The molecule has 26 heavy (non-hydrogen) atoms. The summed E-state index contributed by atoms with van der Waals surface area (Å²) < 4.78 is 29.5. The molecule has 0 bridgehead atoms. The summed E-state index contributed by atoms with van der Waals surface area (Å²) in [6.45, 7) is 5.38. The molecule has 138 valence electrons. The summed E-state index contributed by atoms with van der Waals surface area (Å²) in [5.74, 6) is 0.147. The van der Waals surface area contributed by atoms with Crippen molar-refractivity contribution in [1.82, 2.24) is 24.1 Å². The summed E-state index contributed by atoms with van der Waals surface area (Å²) in [6, 6.07) is 5.93. The Hall–Kier alpha value is -2.19. The molecule has 0 saturated carbocycles. The lowest BCUT2D eigenvalue weighted by Crippen LogP contribution is -2.39. The lowest BCUT2D eigenvalue weighted by molar-refractivity contribution is 0.313. The Bertz CT molecular complexity index is 1000. The van der Waals surface area contributed by atoms with Crippen LogP contribution < -0.4 is 0 Å². The van der Waals surface area contributed by atoms with E-state index >= 15 is 0 Å². The van der Waals surface area contributed by atoms with Crippen molar-refractivity contribution in [1.29, 1.82) is 0 Å². The Morgan fingerprint density at radius 1 is 1.38 bits per heavy atom. The second-order valence-electron chi connectivity index (χ2n) is 6.80. The summed E-state index contributed by atoms with van der Waals surface area (Å²) in [6.07, 6.45) is 5.21. The Morgan fingerprint density at radius 3 is 2.96 bits per heavy atom. The first kappa shape index (κ1) is 17.2. The molecule has 3 aromatic heterocycles. The molecule has 1 N–H and O–H groups in total. The topological polar surface area (TPSA) is 83.9 Å². The van der Waals surface area contributed by atoms with Gasteiger partial charge in [-0.25, -0.2) is 8.42 Å². The molecule has 4 heterocycles. The average molecular weight is 373 g/mol. The van der Waals surface area contributed by atoms with Crippen molar-refractivity contribution in [2.24, 2.45) is 0 Å². The predicted octanol–water partition coefficient (Wildman–Crippen LogP) is 2.66. The van der Waals surface area contributed by atoms with Gasteiger partial charge in [0.15, 0.2) is 0 Å². The van der Waals surface area contributed by atoms with Gasteiger partial charge in [-0.3, -0.25) is 9.67 Å². The molecule has 1 aliphatic rings. The molecule has 1 saturated heterocycles. The van der Waals surface area contributed by atoms with Gasteiger partial charge in [-0.05, 0) is 44.9 Å². The van der Waals surface area contributed by atoms with Crippen molar-refractivity contribution in [3.05, 3.63) is 42.0 Å². The second kappa shape index (κ2) is 6.51. The zero-order valence-electron chi connectivity index (χ0n) is 15.0. The zero-order valence-corrected chi connectivity index (χ0v) is 15.8. The number of sulfonamides is 1. The Morgan fingerprint density at radius 2 is 2.23 bits per heavy atom. The second-order valence-corrected chi connectivity index (χ2v) is 8.70. The Labute approximate surface area is 153 Å². The molecule has 1 aliphatic heterocycles. The summed E-state index contributed by atoms with van der Waals surface area (Å²) >= 11 is 0. The molecule has 0 unspecified atom stereocenters. The largest absolute Gasteiger partial charge is 0.357 e. The molecule has 7 nitrogen and oxygen atoms in total. The van der Waals surface area contributed by atoms with Gasteiger partial charge < -0.3 is 4.98 Å². The fourth-order valence-electron chi connectivity index (χ4n) is 3.67. The van der Waals surface area contributed by atoms with Crippen LogP contribution in [0.5, 0.6) is 0 Å². The van der Waals surface area contributed by atoms with E-state index in [1.807, 2.05) is 25.1 Å². The molecule has 1 fully saturated rings. The molecule has 0 aliphatic carbocycles. The molecule has 1 atom stereocenters. The molecular formula is C18H23N5O2S. The minimum atomic E-state index is -3.53. The number of hydrogen-bond acceptors (Lipinski definition) is 4. The van der Waals surface area contributed by atoms with Gasteiger partial charge in [0, 0.05) is 43.6 Å². The van der Waals surface area contributed by atoms with Gasteiger partial charge in [-0.2, -0.15) is 9.40 Å². The molecule has 3 aromatic rings. The lowest BCUT2D eigenvalue weighted by Gasteiger charge is -2.31. The maximum absolute atomic E-state index is 13.1. The normalized spacial score (nSPS) is 19.2. The van der Waals surface area contributed by atoms with Crippen LogP contribution in [0.3, 0.4) is 0 Å². The molecule has 0 spiro atoms. The fourth-order valence-corrected chi connectivity index (χ4v) is 5.36. The predicted molar refractivity (Wildman–Crippen MR) is 99.5 cm³/mol. The van der Waals surface area contributed by atoms with Crippen LogP contribution in [-0.4, -0.2) is 45.6 Å². The number of aromatic nitrogens is 4. The molecule has 0 radical (unpaired) electrons. The van der Waals surface area contributed by atoms with E-state index in [1.165, 1.54) is 0 Å². The van der Waals surface area contributed by atoms with E-state index in [0.717, 1.165) is 29.6 Å². The Kier molecular flexibility index (Phi) is 4.32. The molecular weight excluding hydrogens is 350 g/mol. The average Bonchev–Trinajstić information content (AvgIpc) is 3.25. The molecule has 8 heteroatoms. The third-order valence-corrected chi connectivity index (χ3v) is 7.04. The maximum Gasteiger partial charge on any atom is 0.246 e. The van der Waals surface area contributed by atoms with E-state index in [0.29, 0.717) is 30.2 Å². The van der Waals surface area contributed by atoms with Crippen molar-refractivity contribution in [3.63, 3.8) is 0 Å². The van der Waals surface area contributed by atoms with Crippen molar-refractivity contribution < 1.29 is 8.42 Å². The summed E-state index contributed by atoms with van der Waals surface area (Å²) in [5.41, 5.74) is 3.52. The van der Waals surface area contributed by atoms with Crippen molar-refractivity contribution in [3.8, 4) is 0 Å². The number of nitrogens with zero attached hydrogens (tertiary/aromatic N) is 4. The number of hydrogen-bond donors (Lipinski definition) is 1. The molecule has 0 aromatic carbocycles. The first-order valence-corrected chi connectivity index (χ1v) is 10.4. The highest BCUT2D eigenvalue weighted by atomic mass is 32.2. The van der Waals surface area contributed by atoms with E-state index in [4.69, 9.17) is 0 Å². The van der Waals surface area contributed by atoms with Crippen LogP contribution in [0.4, 0.5) is 0 Å².